The van der Waals surface area contributed by atoms with Crippen LogP contribution in [0.15, 0.2) is 65.1 Å². The summed E-state index contributed by atoms with van der Waals surface area (Å²) in [4.78, 5) is 26.9. The molecule has 7 heteroatoms. The van der Waals surface area contributed by atoms with Gasteiger partial charge in [-0.05, 0) is 42.3 Å². The van der Waals surface area contributed by atoms with Gasteiger partial charge >= 0.3 is 5.69 Å². The normalized spacial score (nSPS) is 10.8. The number of benzene rings is 3. The van der Waals surface area contributed by atoms with E-state index in [0.717, 1.165) is 11.1 Å². The smallest absolute Gasteiger partial charge is 0.311 e. The molecule has 144 valence electrons. The Kier molecular flexibility index (Phi) is 4.56. The fraction of sp³-hybridized carbons (Fsp3) is 0.0909. The summed E-state index contributed by atoms with van der Waals surface area (Å²) in [7, 11) is 1.37. The van der Waals surface area contributed by atoms with E-state index in [1.165, 1.54) is 20.1 Å². The van der Waals surface area contributed by atoms with E-state index in [-0.39, 0.29) is 23.1 Å². The molecular weight excluding hydrogens is 372 g/mol. The molecule has 0 radical (unpaired) electrons. The Labute approximate surface area is 165 Å². The molecule has 3 aromatic carbocycles. The summed E-state index contributed by atoms with van der Waals surface area (Å²) in [5.41, 5.74) is 3.78. The van der Waals surface area contributed by atoms with E-state index < -0.39 is 4.92 Å². The number of nitro benzene ring substituents is 1. The molecule has 1 aromatic heterocycles. The van der Waals surface area contributed by atoms with Gasteiger partial charge < -0.3 is 9.15 Å². The number of carbonyl (C=O) groups is 1. The van der Waals surface area contributed by atoms with Crippen LogP contribution < -0.4 is 4.74 Å². The predicted octanol–water partition coefficient (Wildman–Crippen LogP) is 5.28. The van der Waals surface area contributed by atoms with Crippen molar-refractivity contribution in [3.8, 4) is 28.3 Å². The molecule has 0 N–H and O–H groups in total. The first kappa shape index (κ1) is 18.4. The van der Waals surface area contributed by atoms with Crippen molar-refractivity contribution in [3.63, 3.8) is 0 Å². The zero-order chi connectivity index (χ0) is 20.5. The molecule has 0 saturated carbocycles. The van der Waals surface area contributed by atoms with E-state index in [4.69, 9.17) is 9.15 Å². The summed E-state index contributed by atoms with van der Waals surface area (Å²) in [6.45, 7) is 1.53. The van der Waals surface area contributed by atoms with E-state index in [1.807, 2.05) is 30.3 Å². The Morgan fingerprint density at radius 2 is 1.83 bits per heavy atom. The fourth-order valence-corrected chi connectivity index (χ4v) is 3.19. The first-order chi connectivity index (χ1) is 14.0. The summed E-state index contributed by atoms with van der Waals surface area (Å²) >= 11 is 0. The van der Waals surface area contributed by atoms with Gasteiger partial charge in [0.2, 0.25) is 11.6 Å². The van der Waals surface area contributed by atoms with Crippen LogP contribution in [0.1, 0.15) is 17.3 Å². The van der Waals surface area contributed by atoms with Crippen LogP contribution in [0.4, 0.5) is 5.69 Å². The van der Waals surface area contributed by atoms with Gasteiger partial charge in [-0.25, -0.2) is 4.98 Å². The first-order valence-corrected chi connectivity index (χ1v) is 8.81. The van der Waals surface area contributed by atoms with Crippen molar-refractivity contribution >= 4 is 22.6 Å². The Bertz CT molecular complexity index is 1260. The molecule has 0 fully saturated rings. The van der Waals surface area contributed by atoms with Crippen molar-refractivity contribution in [1.29, 1.82) is 0 Å². The average Bonchev–Trinajstić information content (AvgIpc) is 3.16. The van der Waals surface area contributed by atoms with Crippen LogP contribution in [0.2, 0.25) is 0 Å². The second kappa shape index (κ2) is 7.20. The number of para-hydroxylation sites is 1. The predicted molar refractivity (Wildman–Crippen MR) is 108 cm³/mol. The highest BCUT2D eigenvalue weighted by Crippen LogP contribution is 2.38. The second-order valence-corrected chi connectivity index (χ2v) is 6.45. The highest BCUT2D eigenvalue weighted by molar-refractivity contribution is 5.95. The van der Waals surface area contributed by atoms with E-state index in [9.17, 15) is 14.9 Å². The third-order valence-electron chi connectivity index (χ3n) is 4.62. The molecule has 0 amide bonds. The number of Topliss-reactive ketones (excluding diaryl/α,β-unsaturated/α-hetero) is 1. The van der Waals surface area contributed by atoms with Crippen LogP contribution in [-0.2, 0) is 0 Å². The molecule has 1 heterocycles. The number of methoxy groups -OCH3 is 1. The topological polar surface area (TPSA) is 95.5 Å². The maximum Gasteiger partial charge on any atom is 0.311 e. The number of oxazole rings is 1. The van der Waals surface area contributed by atoms with Crippen molar-refractivity contribution < 1.29 is 18.9 Å². The molecule has 0 saturated heterocycles. The van der Waals surface area contributed by atoms with Crippen LogP contribution in [0.5, 0.6) is 5.75 Å². The zero-order valence-electron chi connectivity index (χ0n) is 15.7. The van der Waals surface area contributed by atoms with Gasteiger partial charge in [0.05, 0.1) is 17.6 Å². The summed E-state index contributed by atoms with van der Waals surface area (Å²) < 4.78 is 11.1. The average molecular weight is 388 g/mol. The maximum atomic E-state index is 11.7. The quantitative estimate of drug-likeness (QED) is 0.262. The number of aromatic nitrogens is 1. The van der Waals surface area contributed by atoms with Crippen molar-refractivity contribution in [2.45, 2.75) is 6.92 Å². The lowest BCUT2D eigenvalue weighted by molar-refractivity contribution is -0.385. The standard InChI is InChI=1S/C22H16N2O5/c1-13(25)14-5-3-6-15(11-14)16-9-10-20-18(12-16)23-22(29-20)17-7-4-8-19(24(26)27)21(17)28-2/h3-12H,1-2H3. The minimum atomic E-state index is -0.509. The van der Waals surface area contributed by atoms with Crippen LogP contribution in [0, 0.1) is 10.1 Å². The van der Waals surface area contributed by atoms with Gasteiger partial charge in [0.15, 0.2) is 11.4 Å². The van der Waals surface area contributed by atoms with Crippen LogP contribution in [0.25, 0.3) is 33.7 Å². The monoisotopic (exact) mass is 388 g/mol. The Hall–Kier alpha value is -4.00. The molecule has 7 nitrogen and oxygen atoms in total. The van der Waals surface area contributed by atoms with E-state index in [2.05, 4.69) is 4.98 Å². The molecule has 0 aliphatic rings. The minimum absolute atomic E-state index is 0.00517. The molecular formula is C22H16N2O5. The molecule has 4 aromatic rings. The van der Waals surface area contributed by atoms with E-state index in [0.29, 0.717) is 22.2 Å². The van der Waals surface area contributed by atoms with E-state index in [1.54, 1.807) is 24.3 Å². The molecule has 0 aliphatic heterocycles. The van der Waals surface area contributed by atoms with Crippen LogP contribution in [0.3, 0.4) is 0 Å². The number of fused-ring (bicyclic) bond motifs is 1. The minimum Gasteiger partial charge on any atom is -0.490 e. The van der Waals surface area contributed by atoms with Crippen molar-refractivity contribution in [2.24, 2.45) is 0 Å². The number of nitro groups is 1. The third kappa shape index (κ3) is 3.34. The molecule has 29 heavy (non-hydrogen) atoms. The zero-order valence-corrected chi connectivity index (χ0v) is 15.7. The lowest BCUT2D eigenvalue weighted by Gasteiger charge is -2.05. The molecule has 0 aliphatic carbocycles. The second-order valence-electron chi connectivity index (χ2n) is 6.45. The Morgan fingerprint density at radius 3 is 2.55 bits per heavy atom. The molecule has 4 rings (SSSR count). The first-order valence-electron chi connectivity index (χ1n) is 8.81. The highest BCUT2D eigenvalue weighted by atomic mass is 16.6. The third-order valence-corrected chi connectivity index (χ3v) is 4.62. The van der Waals surface area contributed by atoms with Crippen molar-refractivity contribution in [1.82, 2.24) is 4.98 Å². The number of ketones is 1. The number of hydrogen-bond donors (Lipinski definition) is 0. The fourth-order valence-electron chi connectivity index (χ4n) is 3.19. The van der Waals surface area contributed by atoms with Crippen molar-refractivity contribution in [3.05, 3.63) is 76.3 Å². The van der Waals surface area contributed by atoms with Gasteiger partial charge in [-0.15, -0.1) is 0 Å². The number of ether oxygens (including phenoxy) is 1. The largest absolute Gasteiger partial charge is 0.490 e. The number of hydrogen-bond acceptors (Lipinski definition) is 6. The molecule has 0 spiro atoms. The van der Waals surface area contributed by atoms with Crippen molar-refractivity contribution in [2.75, 3.05) is 7.11 Å². The van der Waals surface area contributed by atoms with Gasteiger partial charge in [-0.3, -0.25) is 14.9 Å². The number of carbonyl (C=O) groups excluding carboxylic acids is 1. The highest BCUT2D eigenvalue weighted by Gasteiger charge is 2.22. The molecule has 0 atom stereocenters. The van der Waals surface area contributed by atoms with Gasteiger partial charge in [0.1, 0.15) is 5.52 Å². The molecule has 0 unspecified atom stereocenters. The summed E-state index contributed by atoms with van der Waals surface area (Å²) in [5, 5.41) is 11.3. The van der Waals surface area contributed by atoms with Gasteiger partial charge in [-0.1, -0.05) is 30.3 Å². The van der Waals surface area contributed by atoms with E-state index >= 15 is 0 Å². The Balaban J connectivity index is 1.81. The lowest BCUT2D eigenvalue weighted by Crippen LogP contribution is -1.95. The maximum absolute atomic E-state index is 11.7. The number of rotatable bonds is 5. The van der Waals surface area contributed by atoms with Crippen LogP contribution in [-0.4, -0.2) is 22.8 Å². The Morgan fingerprint density at radius 1 is 1.07 bits per heavy atom. The van der Waals surface area contributed by atoms with Gasteiger partial charge in [0, 0.05) is 11.6 Å². The number of nitrogens with zero attached hydrogens (tertiary/aromatic N) is 2. The summed E-state index contributed by atoms with van der Waals surface area (Å²) in [5.74, 6) is 0.322. The van der Waals surface area contributed by atoms with Gasteiger partial charge in [-0.2, -0.15) is 0 Å². The van der Waals surface area contributed by atoms with Gasteiger partial charge in [0.25, 0.3) is 0 Å². The lowest BCUT2D eigenvalue weighted by atomic mass is 10.0. The summed E-state index contributed by atoms with van der Waals surface area (Å²) in [6, 6.07) is 17.4. The van der Waals surface area contributed by atoms with Crippen LogP contribution >= 0.6 is 0 Å². The summed E-state index contributed by atoms with van der Waals surface area (Å²) in [6.07, 6.45) is 0. The SMILES string of the molecule is COc1c(-c2nc3cc(-c4cccc(C(C)=O)c4)ccc3o2)cccc1[N+](=O)[O-]. The molecule has 0 bridgehead atoms.